The van der Waals surface area contributed by atoms with Crippen molar-refractivity contribution in [2.45, 2.75) is 32.4 Å². The van der Waals surface area contributed by atoms with Gasteiger partial charge in [0.2, 0.25) is 0 Å². The molecule has 1 aliphatic rings. The second-order valence-electron chi connectivity index (χ2n) is 4.55. The SMILES string of the molecule is CC1CC(CC(F)c2ccc(Br)cn2)C1. The fraction of sp³-hybridized carbons (Fsp3) is 0.583. The lowest BCUT2D eigenvalue weighted by Gasteiger charge is -2.33. The van der Waals surface area contributed by atoms with Crippen molar-refractivity contribution < 1.29 is 4.39 Å². The molecule has 1 fully saturated rings. The lowest BCUT2D eigenvalue weighted by Crippen LogP contribution is -2.22. The molecular weight excluding hydrogens is 257 g/mol. The summed E-state index contributed by atoms with van der Waals surface area (Å²) in [5.74, 6) is 1.36. The van der Waals surface area contributed by atoms with E-state index in [4.69, 9.17) is 0 Å². The highest BCUT2D eigenvalue weighted by atomic mass is 79.9. The van der Waals surface area contributed by atoms with Crippen molar-refractivity contribution in [3.8, 4) is 0 Å². The van der Waals surface area contributed by atoms with Gasteiger partial charge in [-0.15, -0.1) is 0 Å². The van der Waals surface area contributed by atoms with E-state index in [9.17, 15) is 4.39 Å². The summed E-state index contributed by atoms with van der Waals surface area (Å²) in [6, 6.07) is 3.61. The highest BCUT2D eigenvalue weighted by Gasteiger charge is 2.28. The summed E-state index contributed by atoms with van der Waals surface area (Å²) in [7, 11) is 0. The Hall–Kier alpha value is -0.440. The van der Waals surface area contributed by atoms with Crippen molar-refractivity contribution in [2.24, 2.45) is 11.8 Å². The van der Waals surface area contributed by atoms with Crippen LogP contribution in [0.5, 0.6) is 0 Å². The normalized spacial score (nSPS) is 27.1. The van der Waals surface area contributed by atoms with Gasteiger partial charge in [0.05, 0.1) is 5.69 Å². The third-order valence-corrected chi connectivity index (χ3v) is 3.55. The Morgan fingerprint density at radius 1 is 1.53 bits per heavy atom. The minimum atomic E-state index is -0.893. The molecule has 0 saturated heterocycles. The van der Waals surface area contributed by atoms with Gasteiger partial charge in [0, 0.05) is 10.7 Å². The second kappa shape index (κ2) is 4.60. The van der Waals surface area contributed by atoms with Crippen LogP contribution in [0.3, 0.4) is 0 Å². The van der Waals surface area contributed by atoms with Gasteiger partial charge in [-0.1, -0.05) is 6.92 Å². The molecule has 1 saturated carbocycles. The summed E-state index contributed by atoms with van der Waals surface area (Å²) in [6.07, 6.45) is 3.76. The second-order valence-corrected chi connectivity index (χ2v) is 5.46. The van der Waals surface area contributed by atoms with Gasteiger partial charge < -0.3 is 0 Å². The minimum absolute atomic E-state index is 0.567. The standard InChI is InChI=1S/C12H15BrFN/c1-8-4-9(5-8)6-11(14)12-3-2-10(13)7-15-12/h2-3,7-9,11H,4-6H2,1H3. The van der Waals surface area contributed by atoms with Gasteiger partial charge in [-0.05, 0) is 59.2 Å². The minimum Gasteiger partial charge on any atom is -0.257 e. The highest BCUT2D eigenvalue weighted by molar-refractivity contribution is 9.10. The number of rotatable bonds is 3. The smallest absolute Gasteiger partial charge is 0.142 e. The fourth-order valence-corrected chi connectivity index (χ4v) is 2.48. The first kappa shape index (κ1) is 11.1. The van der Waals surface area contributed by atoms with Gasteiger partial charge in [0.15, 0.2) is 0 Å². The summed E-state index contributed by atoms with van der Waals surface area (Å²) < 4.78 is 14.7. The van der Waals surface area contributed by atoms with Crippen LogP contribution in [0, 0.1) is 11.8 Å². The molecule has 0 aliphatic heterocycles. The van der Waals surface area contributed by atoms with Crippen molar-refractivity contribution in [3.05, 3.63) is 28.5 Å². The van der Waals surface area contributed by atoms with E-state index in [1.54, 1.807) is 12.3 Å². The Bertz CT molecular complexity index is 319. The predicted molar refractivity (Wildman–Crippen MR) is 62.3 cm³/mol. The highest BCUT2D eigenvalue weighted by Crippen LogP contribution is 2.39. The molecule has 0 aromatic carbocycles. The Balaban J connectivity index is 1.90. The quantitative estimate of drug-likeness (QED) is 0.799. The monoisotopic (exact) mass is 271 g/mol. The van der Waals surface area contributed by atoms with E-state index >= 15 is 0 Å². The molecule has 15 heavy (non-hydrogen) atoms. The molecule has 0 spiro atoms. The third-order valence-electron chi connectivity index (χ3n) is 3.08. The third kappa shape index (κ3) is 2.77. The summed E-state index contributed by atoms with van der Waals surface area (Å²) >= 11 is 3.29. The maximum atomic E-state index is 13.8. The molecule has 2 rings (SSSR count). The number of aromatic nitrogens is 1. The molecule has 1 heterocycles. The lowest BCUT2D eigenvalue weighted by molar-refractivity contribution is 0.149. The van der Waals surface area contributed by atoms with E-state index in [1.807, 2.05) is 6.07 Å². The van der Waals surface area contributed by atoms with Crippen LogP contribution < -0.4 is 0 Å². The van der Waals surface area contributed by atoms with Gasteiger partial charge in [-0.25, -0.2) is 4.39 Å². The Labute approximate surface area is 98.2 Å². The van der Waals surface area contributed by atoms with Crippen molar-refractivity contribution in [1.29, 1.82) is 0 Å². The Morgan fingerprint density at radius 2 is 2.27 bits per heavy atom. The molecule has 1 atom stereocenters. The van der Waals surface area contributed by atoms with Crippen LogP contribution in [-0.2, 0) is 0 Å². The summed E-state index contributed by atoms with van der Waals surface area (Å²) in [5, 5.41) is 0. The zero-order chi connectivity index (χ0) is 10.8. The number of halogens is 2. The van der Waals surface area contributed by atoms with E-state index in [0.29, 0.717) is 18.0 Å². The molecule has 0 amide bonds. The molecule has 3 heteroatoms. The number of nitrogens with zero attached hydrogens (tertiary/aromatic N) is 1. The first-order valence-corrected chi connectivity index (χ1v) is 6.20. The number of pyridine rings is 1. The van der Waals surface area contributed by atoms with Gasteiger partial charge >= 0.3 is 0 Å². The summed E-state index contributed by atoms with van der Waals surface area (Å²) in [4.78, 5) is 4.09. The Morgan fingerprint density at radius 3 is 2.80 bits per heavy atom. The average molecular weight is 272 g/mol. The van der Waals surface area contributed by atoms with Crippen LogP contribution in [-0.4, -0.2) is 4.98 Å². The lowest BCUT2D eigenvalue weighted by atomic mass is 9.73. The van der Waals surface area contributed by atoms with Crippen molar-refractivity contribution in [2.75, 3.05) is 0 Å². The molecule has 0 radical (unpaired) electrons. The van der Waals surface area contributed by atoms with Crippen LogP contribution in [0.25, 0.3) is 0 Å². The fourth-order valence-electron chi connectivity index (χ4n) is 2.25. The van der Waals surface area contributed by atoms with Gasteiger partial charge in [0.25, 0.3) is 0 Å². The van der Waals surface area contributed by atoms with Crippen molar-refractivity contribution >= 4 is 15.9 Å². The maximum absolute atomic E-state index is 13.8. The van der Waals surface area contributed by atoms with Crippen LogP contribution in [0.2, 0.25) is 0 Å². The first-order valence-electron chi connectivity index (χ1n) is 5.40. The summed E-state index contributed by atoms with van der Waals surface area (Å²) in [6.45, 7) is 2.22. The van der Waals surface area contributed by atoms with E-state index in [-0.39, 0.29) is 0 Å². The number of hydrogen-bond acceptors (Lipinski definition) is 1. The first-order chi connectivity index (χ1) is 7.15. The number of alkyl halides is 1. The van der Waals surface area contributed by atoms with Crippen molar-refractivity contribution in [1.82, 2.24) is 4.98 Å². The predicted octanol–water partition coefficient (Wildman–Crippen LogP) is 4.29. The molecule has 1 aromatic rings. The van der Waals surface area contributed by atoms with Crippen LogP contribution >= 0.6 is 15.9 Å². The maximum Gasteiger partial charge on any atom is 0.142 e. The van der Waals surface area contributed by atoms with E-state index in [1.165, 1.54) is 12.8 Å². The zero-order valence-electron chi connectivity index (χ0n) is 8.79. The average Bonchev–Trinajstić information content (AvgIpc) is 2.16. The zero-order valence-corrected chi connectivity index (χ0v) is 10.4. The molecule has 1 nitrogen and oxygen atoms in total. The van der Waals surface area contributed by atoms with E-state index in [2.05, 4.69) is 27.8 Å². The Kier molecular flexibility index (Phi) is 3.39. The van der Waals surface area contributed by atoms with Crippen molar-refractivity contribution in [3.63, 3.8) is 0 Å². The van der Waals surface area contributed by atoms with E-state index in [0.717, 1.165) is 10.4 Å². The largest absolute Gasteiger partial charge is 0.257 e. The molecule has 1 aromatic heterocycles. The molecular formula is C12H15BrFN. The topological polar surface area (TPSA) is 12.9 Å². The van der Waals surface area contributed by atoms with Crippen LogP contribution in [0.1, 0.15) is 38.1 Å². The number of hydrogen-bond donors (Lipinski definition) is 0. The van der Waals surface area contributed by atoms with Crippen LogP contribution in [0.15, 0.2) is 22.8 Å². The molecule has 1 aliphatic carbocycles. The molecule has 0 bridgehead atoms. The van der Waals surface area contributed by atoms with Gasteiger partial charge in [0.1, 0.15) is 6.17 Å². The van der Waals surface area contributed by atoms with Gasteiger partial charge in [-0.2, -0.15) is 0 Å². The molecule has 1 unspecified atom stereocenters. The summed E-state index contributed by atoms with van der Waals surface area (Å²) in [5.41, 5.74) is 0.567. The van der Waals surface area contributed by atoms with E-state index < -0.39 is 6.17 Å². The van der Waals surface area contributed by atoms with Gasteiger partial charge in [-0.3, -0.25) is 4.98 Å². The molecule has 82 valence electrons. The van der Waals surface area contributed by atoms with Crippen LogP contribution in [0.4, 0.5) is 4.39 Å². The molecule has 0 N–H and O–H groups in total.